The third-order valence-corrected chi connectivity index (χ3v) is 4.11. The first-order chi connectivity index (χ1) is 8.13. The van der Waals surface area contributed by atoms with E-state index in [9.17, 15) is 0 Å². The monoisotopic (exact) mass is 304 g/mol. The van der Waals surface area contributed by atoms with Crippen molar-refractivity contribution in [1.82, 2.24) is 0 Å². The van der Waals surface area contributed by atoms with Crippen LogP contribution in [0.25, 0.3) is 0 Å². The molecular formula is C16H33Br. The van der Waals surface area contributed by atoms with Gasteiger partial charge < -0.3 is 0 Å². The van der Waals surface area contributed by atoms with Gasteiger partial charge in [-0.2, -0.15) is 0 Å². The molecule has 0 saturated heterocycles. The molecule has 0 radical (unpaired) electrons. The maximum Gasteiger partial charge on any atom is 0.0120 e. The molecule has 0 rings (SSSR count). The highest BCUT2D eigenvalue weighted by atomic mass is 79.9. The minimum absolute atomic E-state index is 0.690. The second-order valence-electron chi connectivity index (χ2n) is 5.69. The molecular weight excluding hydrogens is 272 g/mol. The van der Waals surface area contributed by atoms with Gasteiger partial charge in [0, 0.05) is 4.83 Å². The molecule has 17 heavy (non-hydrogen) atoms. The first-order valence-electron chi connectivity index (χ1n) is 7.77. The van der Waals surface area contributed by atoms with Gasteiger partial charge in [-0.25, -0.2) is 0 Å². The van der Waals surface area contributed by atoms with Crippen molar-refractivity contribution in [2.45, 2.75) is 90.3 Å². The van der Waals surface area contributed by atoms with Crippen LogP contribution < -0.4 is 0 Å². The summed E-state index contributed by atoms with van der Waals surface area (Å²) >= 11 is 3.71. The predicted molar refractivity (Wildman–Crippen MR) is 83.9 cm³/mol. The van der Waals surface area contributed by atoms with Crippen molar-refractivity contribution in [3.05, 3.63) is 0 Å². The van der Waals surface area contributed by atoms with Gasteiger partial charge in [0.05, 0.1) is 0 Å². The summed E-state index contributed by atoms with van der Waals surface area (Å²) in [7, 11) is 0. The number of hydrogen-bond acceptors (Lipinski definition) is 0. The summed E-state index contributed by atoms with van der Waals surface area (Å²) in [6.07, 6.45) is 12.6. The van der Waals surface area contributed by atoms with Gasteiger partial charge in [-0.1, -0.05) is 95.0 Å². The standard InChI is InChI=1S/C16H33Br/c1-5-8-15(9-6-2)11-12-16(10-7-3)13-14(4)17/h14-16H,5-13H2,1-4H3. The summed E-state index contributed by atoms with van der Waals surface area (Å²) in [6.45, 7) is 9.26. The molecule has 0 aromatic carbocycles. The molecule has 0 aliphatic carbocycles. The van der Waals surface area contributed by atoms with Crippen LogP contribution in [0, 0.1) is 11.8 Å². The molecule has 2 unspecified atom stereocenters. The molecule has 2 atom stereocenters. The van der Waals surface area contributed by atoms with Crippen molar-refractivity contribution in [3.8, 4) is 0 Å². The highest BCUT2D eigenvalue weighted by Crippen LogP contribution is 2.27. The van der Waals surface area contributed by atoms with E-state index in [2.05, 4.69) is 43.6 Å². The first kappa shape index (κ1) is 17.5. The highest BCUT2D eigenvalue weighted by molar-refractivity contribution is 9.09. The van der Waals surface area contributed by atoms with E-state index in [0.717, 1.165) is 11.8 Å². The van der Waals surface area contributed by atoms with Gasteiger partial charge >= 0.3 is 0 Å². The lowest BCUT2D eigenvalue weighted by Gasteiger charge is -2.21. The van der Waals surface area contributed by atoms with Gasteiger partial charge in [-0.05, 0) is 18.3 Å². The molecule has 0 aliphatic heterocycles. The molecule has 0 spiro atoms. The summed E-state index contributed by atoms with van der Waals surface area (Å²) in [5, 5.41) is 0. The largest absolute Gasteiger partial charge is 0.0894 e. The van der Waals surface area contributed by atoms with Crippen LogP contribution in [-0.2, 0) is 0 Å². The van der Waals surface area contributed by atoms with E-state index in [1.165, 1.54) is 57.8 Å². The van der Waals surface area contributed by atoms with Crippen LogP contribution in [0.4, 0.5) is 0 Å². The van der Waals surface area contributed by atoms with E-state index in [-0.39, 0.29) is 0 Å². The third kappa shape index (κ3) is 10.1. The minimum Gasteiger partial charge on any atom is -0.0894 e. The molecule has 0 heterocycles. The SMILES string of the molecule is CCCC(CCC)CCC(CCC)CC(C)Br. The molecule has 0 nitrogen and oxygen atoms in total. The van der Waals surface area contributed by atoms with E-state index in [1.807, 2.05) is 0 Å². The van der Waals surface area contributed by atoms with E-state index in [0.29, 0.717) is 4.83 Å². The van der Waals surface area contributed by atoms with Gasteiger partial charge in [-0.15, -0.1) is 0 Å². The fraction of sp³-hybridized carbons (Fsp3) is 1.00. The van der Waals surface area contributed by atoms with Crippen LogP contribution in [0.3, 0.4) is 0 Å². The van der Waals surface area contributed by atoms with Crippen molar-refractivity contribution in [2.75, 3.05) is 0 Å². The minimum atomic E-state index is 0.690. The van der Waals surface area contributed by atoms with Gasteiger partial charge in [0.15, 0.2) is 0 Å². The molecule has 104 valence electrons. The zero-order valence-corrected chi connectivity index (χ0v) is 14.1. The van der Waals surface area contributed by atoms with Crippen LogP contribution >= 0.6 is 15.9 Å². The Bertz CT molecular complexity index is 148. The van der Waals surface area contributed by atoms with E-state index in [1.54, 1.807) is 0 Å². The smallest absolute Gasteiger partial charge is 0.0120 e. The Morgan fingerprint density at radius 3 is 1.53 bits per heavy atom. The van der Waals surface area contributed by atoms with Crippen molar-refractivity contribution in [3.63, 3.8) is 0 Å². The maximum absolute atomic E-state index is 3.71. The molecule has 0 amide bonds. The van der Waals surface area contributed by atoms with Crippen LogP contribution in [0.1, 0.15) is 85.5 Å². The van der Waals surface area contributed by atoms with Crippen molar-refractivity contribution in [1.29, 1.82) is 0 Å². The second kappa shape index (κ2) is 11.6. The molecule has 0 fully saturated rings. The Hall–Kier alpha value is 0.480. The molecule has 0 bridgehead atoms. The van der Waals surface area contributed by atoms with Crippen LogP contribution in [0.5, 0.6) is 0 Å². The summed E-state index contributed by atoms with van der Waals surface area (Å²) in [4.78, 5) is 0.690. The average Bonchev–Trinajstić information content (AvgIpc) is 2.26. The molecule has 0 saturated carbocycles. The summed E-state index contributed by atoms with van der Waals surface area (Å²) in [5.41, 5.74) is 0. The molecule has 0 aromatic heterocycles. The lowest BCUT2D eigenvalue weighted by atomic mass is 9.86. The molecule has 1 heteroatoms. The number of halogens is 1. The van der Waals surface area contributed by atoms with E-state index < -0.39 is 0 Å². The summed E-state index contributed by atoms with van der Waals surface area (Å²) < 4.78 is 0. The summed E-state index contributed by atoms with van der Waals surface area (Å²) in [5.74, 6) is 1.94. The fourth-order valence-electron chi connectivity index (χ4n) is 2.97. The second-order valence-corrected chi connectivity index (χ2v) is 7.26. The number of rotatable bonds is 11. The number of hydrogen-bond donors (Lipinski definition) is 0. The Kier molecular flexibility index (Phi) is 11.9. The molecule has 0 aromatic rings. The Morgan fingerprint density at radius 2 is 1.12 bits per heavy atom. The van der Waals surface area contributed by atoms with Crippen LogP contribution in [-0.4, -0.2) is 4.83 Å². The number of alkyl halides is 1. The Balaban J connectivity index is 3.96. The van der Waals surface area contributed by atoms with E-state index >= 15 is 0 Å². The molecule has 0 aliphatic rings. The Labute approximate surface area is 118 Å². The van der Waals surface area contributed by atoms with Crippen LogP contribution in [0.15, 0.2) is 0 Å². The fourth-order valence-corrected chi connectivity index (χ4v) is 3.50. The maximum atomic E-state index is 3.71. The predicted octanol–water partition coefficient (Wildman–Crippen LogP) is 6.57. The van der Waals surface area contributed by atoms with Crippen molar-refractivity contribution < 1.29 is 0 Å². The van der Waals surface area contributed by atoms with Crippen LogP contribution in [0.2, 0.25) is 0 Å². The van der Waals surface area contributed by atoms with Crippen molar-refractivity contribution >= 4 is 15.9 Å². The van der Waals surface area contributed by atoms with Gasteiger partial charge in [-0.3, -0.25) is 0 Å². The van der Waals surface area contributed by atoms with Gasteiger partial charge in [0.2, 0.25) is 0 Å². The average molecular weight is 305 g/mol. The van der Waals surface area contributed by atoms with Crippen molar-refractivity contribution in [2.24, 2.45) is 11.8 Å². The first-order valence-corrected chi connectivity index (χ1v) is 8.69. The lowest BCUT2D eigenvalue weighted by molar-refractivity contribution is 0.331. The van der Waals surface area contributed by atoms with Gasteiger partial charge in [0.1, 0.15) is 0 Å². The van der Waals surface area contributed by atoms with E-state index in [4.69, 9.17) is 0 Å². The topological polar surface area (TPSA) is 0 Å². The zero-order valence-electron chi connectivity index (χ0n) is 12.5. The Morgan fingerprint density at radius 1 is 0.706 bits per heavy atom. The molecule has 0 N–H and O–H groups in total. The third-order valence-electron chi connectivity index (χ3n) is 3.73. The quantitative estimate of drug-likeness (QED) is 0.378. The normalized spacial score (nSPS) is 15.2. The lowest BCUT2D eigenvalue weighted by Crippen LogP contribution is -2.09. The summed E-state index contributed by atoms with van der Waals surface area (Å²) in [6, 6.07) is 0. The zero-order chi connectivity index (χ0) is 13.1. The highest BCUT2D eigenvalue weighted by Gasteiger charge is 2.14. The van der Waals surface area contributed by atoms with Gasteiger partial charge in [0.25, 0.3) is 0 Å².